The molecule has 0 amide bonds. The number of nitrogens with two attached hydrogens (primary N) is 1. The van der Waals surface area contributed by atoms with Crippen LogP contribution >= 0.6 is 0 Å². The fraction of sp³-hybridized carbons (Fsp3) is 0.625. The van der Waals surface area contributed by atoms with Gasteiger partial charge in [0.25, 0.3) is 0 Å². The van der Waals surface area contributed by atoms with Gasteiger partial charge in [-0.25, -0.2) is 0 Å². The zero-order valence-electron chi connectivity index (χ0n) is 13.0. The van der Waals surface area contributed by atoms with Crippen LogP contribution in [0.2, 0.25) is 0 Å². The van der Waals surface area contributed by atoms with Gasteiger partial charge in [0.2, 0.25) is 0 Å². The number of hydrogen-bond donors (Lipinski definition) is 1. The van der Waals surface area contributed by atoms with Crippen molar-refractivity contribution in [2.75, 3.05) is 14.1 Å². The van der Waals surface area contributed by atoms with Gasteiger partial charge in [0.15, 0.2) is 0 Å². The molecule has 18 heavy (non-hydrogen) atoms. The molecule has 0 aliphatic carbocycles. The van der Waals surface area contributed by atoms with Gasteiger partial charge >= 0.3 is 0 Å². The third kappa shape index (κ3) is 3.82. The lowest BCUT2D eigenvalue weighted by atomic mass is 9.86. The average molecular weight is 248 g/mol. The molecule has 0 aliphatic heterocycles. The molecular formula is C16H28N2. The zero-order valence-corrected chi connectivity index (χ0v) is 13.0. The van der Waals surface area contributed by atoms with Crippen molar-refractivity contribution in [3.05, 3.63) is 34.4 Å². The molecule has 2 N–H and O–H groups in total. The Morgan fingerprint density at radius 1 is 1.11 bits per heavy atom. The highest BCUT2D eigenvalue weighted by Gasteiger charge is 2.24. The molecule has 0 aromatic heterocycles. The van der Waals surface area contributed by atoms with Crippen LogP contribution in [0.25, 0.3) is 0 Å². The molecule has 1 aromatic carbocycles. The molecule has 1 unspecified atom stereocenters. The minimum Gasteiger partial charge on any atom is -0.325 e. The lowest BCUT2D eigenvalue weighted by Gasteiger charge is -2.33. The highest BCUT2D eigenvalue weighted by molar-refractivity contribution is 5.39. The van der Waals surface area contributed by atoms with Crippen LogP contribution in [-0.2, 0) is 0 Å². The van der Waals surface area contributed by atoms with Gasteiger partial charge < -0.3 is 10.6 Å². The van der Waals surface area contributed by atoms with E-state index in [1.54, 1.807) is 0 Å². The normalized spacial score (nSPS) is 14.1. The van der Waals surface area contributed by atoms with E-state index in [0.29, 0.717) is 6.04 Å². The van der Waals surface area contributed by atoms with Crippen LogP contribution < -0.4 is 5.73 Å². The van der Waals surface area contributed by atoms with E-state index < -0.39 is 0 Å². The molecule has 1 atom stereocenters. The first-order chi connectivity index (χ1) is 8.11. The van der Waals surface area contributed by atoms with Crippen LogP contribution in [-0.4, -0.2) is 24.5 Å². The molecule has 0 aliphatic rings. The van der Waals surface area contributed by atoms with Crippen molar-refractivity contribution in [1.29, 1.82) is 0 Å². The Bertz CT molecular complexity index is 391. The Kier molecular flexibility index (Phi) is 4.57. The molecule has 0 bridgehead atoms. The minimum atomic E-state index is -0.154. The first-order valence-corrected chi connectivity index (χ1v) is 6.65. The quantitative estimate of drug-likeness (QED) is 0.885. The van der Waals surface area contributed by atoms with E-state index in [4.69, 9.17) is 5.73 Å². The van der Waals surface area contributed by atoms with Gasteiger partial charge in [0.05, 0.1) is 0 Å². The summed E-state index contributed by atoms with van der Waals surface area (Å²) in [7, 11) is 4.27. The first-order valence-electron chi connectivity index (χ1n) is 6.65. The van der Waals surface area contributed by atoms with Gasteiger partial charge in [-0.3, -0.25) is 0 Å². The van der Waals surface area contributed by atoms with E-state index in [1.165, 1.54) is 22.3 Å². The molecule has 1 rings (SSSR count). The third-order valence-electron chi connectivity index (χ3n) is 3.41. The van der Waals surface area contributed by atoms with E-state index >= 15 is 0 Å². The topological polar surface area (TPSA) is 29.3 Å². The fourth-order valence-electron chi connectivity index (χ4n) is 2.76. The summed E-state index contributed by atoms with van der Waals surface area (Å²) in [4.78, 5) is 2.28. The highest BCUT2D eigenvalue weighted by Crippen LogP contribution is 2.32. The first kappa shape index (κ1) is 15.2. The second kappa shape index (κ2) is 5.41. The molecule has 0 heterocycles. The number of rotatable bonds is 4. The molecule has 0 saturated heterocycles. The third-order valence-corrected chi connectivity index (χ3v) is 3.41. The molecule has 2 nitrogen and oxygen atoms in total. The maximum atomic E-state index is 6.21. The largest absolute Gasteiger partial charge is 0.325 e. The zero-order chi connectivity index (χ0) is 14.1. The number of nitrogens with zero attached hydrogens (tertiary/aromatic N) is 1. The SMILES string of the molecule is Cc1cc(C)c(C(CC(C)(C)N)N(C)C)c(C)c1. The summed E-state index contributed by atoms with van der Waals surface area (Å²) in [6, 6.07) is 4.91. The summed E-state index contributed by atoms with van der Waals surface area (Å²) in [6.07, 6.45) is 0.963. The summed E-state index contributed by atoms with van der Waals surface area (Å²) in [6.45, 7) is 10.8. The van der Waals surface area contributed by atoms with E-state index in [-0.39, 0.29) is 5.54 Å². The summed E-state index contributed by atoms with van der Waals surface area (Å²) in [5.41, 5.74) is 11.6. The van der Waals surface area contributed by atoms with Gasteiger partial charge in [0.1, 0.15) is 0 Å². The molecular weight excluding hydrogens is 220 g/mol. The Balaban J connectivity index is 3.22. The van der Waals surface area contributed by atoms with Crippen molar-refractivity contribution < 1.29 is 0 Å². The van der Waals surface area contributed by atoms with Crippen molar-refractivity contribution in [1.82, 2.24) is 4.90 Å². The Hall–Kier alpha value is -0.860. The molecule has 1 aromatic rings. The van der Waals surface area contributed by atoms with Crippen molar-refractivity contribution in [2.45, 2.75) is 52.6 Å². The molecule has 0 radical (unpaired) electrons. The maximum Gasteiger partial charge on any atom is 0.0364 e. The number of benzene rings is 1. The van der Waals surface area contributed by atoms with Gasteiger partial charge in [-0.1, -0.05) is 17.7 Å². The second-order valence-electron chi connectivity index (χ2n) is 6.48. The fourth-order valence-corrected chi connectivity index (χ4v) is 2.76. The number of hydrogen-bond acceptors (Lipinski definition) is 2. The van der Waals surface area contributed by atoms with Gasteiger partial charge in [0, 0.05) is 11.6 Å². The van der Waals surface area contributed by atoms with Crippen molar-refractivity contribution in [2.24, 2.45) is 5.73 Å². The van der Waals surface area contributed by atoms with Gasteiger partial charge in [-0.2, -0.15) is 0 Å². The average Bonchev–Trinajstić information content (AvgIpc) is 2.12. The molecule has 102 valence electrons. The molecule has 0 spiro atoms. The second-order valence-corrected chi connectivity index (χ2v) is 6.48. The number of aryl methyl sites for hydroxylation is 3. The monoisotopic (exact) mass is 248 g/mol. The Labute approximate surface area is 112 Å². The summed E-state index contributed by atoms with van der Waals surface area (Å²) >= 11 is 0. The standard InChI is InChI=1S/C16H28N2/c1-11-8-12(2)15(13(3)9-11)14(18(6)7)10-16(4,5)17/h8-9,14H,10,17H2,1-7H3. The van der Waals surface area contributed by atoms with Gasteiger partial charge in [-0.05, 0) is 71.8 Å². The van der Waals surface area contributed by atoms with E-state index in [9.17, 15) is 0 Å². The van der Waals surface area contributed by atoms with E-state index in [2.05, 4.69) is 65.7 Å². The smallest absolute Gasteiger partial charge is 0.0364 e. The summed E-state index contributed by atoms with van der Waals surface area (Å²) < 4.78 is 0. The maximum absolute atomic E-state index is 6.21. The van der Waals surface area contributed by atoms with Crippen LogP contribution in [0.1, 0.15) is 48.6 Å². The predicted molar refractivity (Wildman–Crippen MR) is 80.0 cm³/mol. The Morgan fingerprint density at radius 2 is 1.56 bits per heavy atom. The van der Waals surface area contributed by atoms with Crippen molar-refractivity contribution in [3.63, 3.8) is 0 Å². The summed E-state index contributed by atoms with van der Waals surface area (Å²) in [5.74, 6) is 0. The van der Waals surface area contributed by atoms with Crippen LogP contribution in [0.4, 0.5) is 0 Å². The van der Waals surface area contributed by atoms with Crippen LogP contribution in [0.5, 0.6) is 0 Å². The highest BCUT2D eigenvalue weighted by atomic mass is 15.1. The van der Waals surface area contributed by atoms with Crippen LogP contribution in [0.15, 0.2) is 12.1 Å². The van der Waals surface area contributed by atoms with Crippen LogP contribution in [0, 0.1) is 20.8 Å². The lowest BCUT2D eigenvalue weighted by molar-refractivity contribution is 0.241. The lowest BCUT2D eigenvalue weighted by Crippen LogP contribution is -2.37. The van der Waals surface area contributed by atoms with Crippen molar-refractivity contribution in [3.8, 4) is 0 Å². The summed E-state index contributed by atoms with van der Waals surface area (Å²) in [5, 5.41) is 0. The molecule has 0 fully saturated rings. The predicted octanol–water partition coefficient (Wildman–Crippen LogP) is 3.34. The van der Waals surface area contributed by atoms with E-state index in [0.717, 1.165) is 6.42 Å². The van der Waals surface area contributed by atoms with E-state index in [1.807, 2.05) is 0 Å². The minimum absolute atomic E-state index is 0.154. The molecule has 2 heteroatoms. The van der Waals surface area contributed by atoms with Gasteiger partial charge in [-0.15, -0.1) is 0 Å². The molecule has 0 saturated carbocycles. The van der Waals surface area contributed by atoms with Crippen LogP contribution in [0.3, 0.4) is 0 Å². The van der Waals surface area contributed by atoms with Crippen molar-refractivity contribution >= 4 is 0 Å². The Morgan fingerprint density at radius 3 is 1.89 bits per heavy atom.